The molecule has 0 aliphatic heterocycles. The third kappa shape index (κ3) is 2.62. The van der Waals surface area contributed by atoms with E-state index in [0.717, 1.165) is 0 Å². The topological polar surface area (TPSA) is 167 Å². The van der Waals surface area contributed by atoms with Gasteiger partial charge in [-0.1, -0.05) is 6.92 Å². The van der Waals surface area contributed by atoms with Crippen LogP contribution in [0.4, 0.5) is 0 Å². The molecular weight excluding hydrogens is 242 g/mol. The highest BCUT2D eigenvalue weighted by molar-refractivity contribution is 5.69. The summed E-state index contributed by atoms with van der Waals surface area (Å²) in [6.07, 6.45) is -1.49. The van der Waals surface area contributed by atoms with Crippen LogP contribution in [0, 0.1) is 36.3 Å². The lowest BCUT2D eigenvalue weighted by Gasteiger charge is -2.12. The van der Waals surface area contributed by atoms with E-state index in [1.807, 2.05) is 0 Å². The third-order valence-corrected chi connectivity index (χ3v) is 2.24. The van der Waals surface area contributed by atoms with Crippen molar-refractivity contribution >= 4 is 5.97 Å². The van der Waals surface area contributed by atoms with Crippen LogP contribution >= 0.6 is 0 Å². The number of carbonyl (C=O) groups is 1. The van der Waals surface area contributed by atoms with Gasteiger partial charge in [-0.05, 0) is 6.42 Å². The number of carboxylic acids is 1. The molecule has 0 bridgehead atoms. The average Bonchev–Trinajstić information content (AvgIpc) is 2.16. The molecule has 0 aliphatic rings. The van der Waals surface area contributed by atoms with Crippen LogP contribution in [0.25, 0.3) is 0 Å². The SMILES string of the molecule is CCC(CC([N+](=O)[O-])([N+](=O)[O-])[N+](=O)[O-])C(=O)O. The van der Waals surface area contributed by atoms with Gasteiger partial charge in [0.15, 0.2) is 21.2 Å². The molecule has 0 saturated carbocycles. The van der Waals surface area contributed by atoms with Gasteiger partial charge in [-0.3, -0.25) is 35.1 Å². The first-order valence-electron chi connectivity index (χ1n) is 4.36. The van der Waals surface area contributed by atoms with Gasteiger partial charge in [0.25, 0.3) is 0 Å². The summed E-state index contributed by atoms with van der Waals surface area (Å²) >= 11 is 0. The zero-order valence-electron chi connectivity index (χ0n) is 8.64. The Kier molecular flexibility index (Phi) is 4.43. The van der Waals surface area contributed by atoms with Gasteiger partial charge in [0.05, 0.1) is 5.92 Å². The molecule has 1 unspecified atom stereocenters. The summed E-state index contributed by atoms with van der Waals surface area (Å²) in [6.45, 7) is 1.31. The van der Waals surface area contributed by atoms with Crippen molar-refractivity contribution < 1.29 is 24.7 Å². The molecular formula is C6H9N3O8. The molecule has 0 saturated heterocycles. The van der Waals surface area contributed by atoms with Crippen LogP contribution < -0.4 is 0 Å². The summed E-state index contributed by atoms with van der Waals surface area (Å²) in [6, 6.07) is 0. The number of rotatable bonds is 7. The van der Waals surface area contributed by atoms with E-state index in [2.05, 4.69) is 0 Å². The minimum atomic E-state index is -3.71. The highest BCUT2D eigenvalue weighted by Gasteiger charge is 2.71. The minimum Gasteiger partial charge on any atom is -0.481 e. The summed E-state index contributed by atoms with van der Waals surface area (Å²) in [5.74, 6) is -6.79. The lowest BCUT2D eigenvalue weighted by atomic mass is 9.98. The zero-order chi connectivity index (χ0) is 13.8. The molecule has 0 aromatic heterocycles. The number of hydrogen-bond acceptors (Lipinski definition) is 7. The Morgan fingerprint density at radius 1 is 1.18 bits per heavy atom. The fraction of sp³-hybridized carbons (Fsp3) is 0.833. The molecule has 17 heavy (non-hydrogen) atoms. The van der Waals surface area contributed by atoms with E-state index >= 15 is 0 Å². The van der Waals surface area contributed by atoms with Gasteiger partial charge in [-0.15, -0.1) is 0 Å². The summed E-state index contributed by atoms with van der Waals surface area (Å²) in [5.41, 5.74) is 0. The first kappa shape index (κ1) is 14.7. The van der Waals surface area contributed by atoms with Crippen LogP contribution in [-0.4, -0.2) is 31.6 Å². The van der Waals surface area contributed by atoms with Crippen molar-refractivity contribution in [3.63, 3.8) is 0 Å². The lowest BCUT2D eigenvalue weighted by molar-refractivity contribution is -0.971. The number of carboxylic acid groups (broad SMARTS) is 1. The van der Waals surface area contributed by atoms with Gasteiger partial charge in [0.2, 0.25) is 0 Å². The Bertz CT molecular complexity index is 330. The van der Waals surface area contributed by atoms with Crippen molar-refractivity contribution in [2.24, 2.45) is 5.92 Å². The van der Waals surface area contributed by atoms with Crippen molar-refractivity contribution in [3.05, 3.63) is 30.3 Å². The second-order valence-electron chi connectivity index (χ2n) is 3.19. The maximum absolute atomic E-state index is 10.6. The number of nitro groups is 3. The quantitative estimate of drug-likeness (QED) is 0.373. The van der Waals surface area contributed by atoms with Crippen LogP contribution in [0.3, 0.4) is 0 Å². The molecule has 1 atom stereocenters. The molecule has 0 aromatic carbocycles. The van der Waals surface area contributed by atoms with Crippen LogP contribution in [-0.2, 0) is 4.79 Å². The minimum absolute atomic E-state index is 0.188. The monoisotopic (exact) mass is 251 g/mol. The molecule has 0 heterocycles. The second-order valence-corrected chi connectivity index (χ2v) is 3.19. The van der Waals surface area contributed by atoms with Gasteiger partial charge >= 0.3 is 11.8 Å². The predicted octanol–water partition coefficient (Wildman–Crippen LogP) is -0.0288. The fourth-order valence-electron chi connectivity index (χ4n) is 1.16. The summed E-state index contributed by atoms with van der Waals surface area (Å²) in [7, 11) is 0. The molecule has 0 aliphatic carbocycles. The van der Waals surface area contributed by atoms with Gasteiger partial charge in [0.1, 0.15) is 0 Å². The van der Waals surface area contributed by atoms with Crippen molar-refractivity contribution in [3.8, 4) is 0 Å². The highest BCUT2D eigenvalue weighted by Crippen LogP contribution is 2.24. The Balaban J connectivity index is 5.47. The smallest absolute Gasteiger partial charge is 0.481 e. The molecule has 0 radical (unpaired) electrons. The molecule has 0 aromatic rings. The molecule has 96 valence electrons. The fourth-order valence-corrected chi connectivity index (χ4v) is 1.16. The molecule has 1 N–H and O–H groups in total. The van der Waals surface area contributed by atoms with E-state index in [-0.39, 0.29) is 6.42 Å². The molecule has 11 nitrogen and oxygen atoms in total. The normalized spacial score (nSPS) is 12.8. The van der Waals surface area contributed by atoms with E-state index in [9.17, 15) is 35.1 Å². The van der Waals surface area contributed by atoms with E-state index in [1.54, 1.807) is 0 Å². The summed E-state index contributed by atoms with van der Waals surface area (Å²) in [4.78, 5) is 37.1. The van der Waals surface area contributed by atoms with Crippen molar-refractivity contribution in [2.45, 2.75) is 25.6 Å². The van der Waals surface area contributed by atoms with Gasteiger partial charge in [-0.2, -0.15) is 0 Å². The third-order valence-electron chi connectivity index (χ3n) is 2.24. The van der Waals surface area contributed by atoms with Crippen LogP contribution in [0.15, 0.2) is 0 Å². The number of hydrogen-bond donors (Lipinski definition) is 1. The van der Waals surface area contributed by atoms with Gasteiger partial charge in [-0.25, -0.2) is 0 Å². The maximum atomic E-state index is 10.6. The predicted molar refractivity (Wildman–Crippen MR) is 49.7 cm³/mol. The maximum Gasteiger partial charge on any atom is 0.700 e. The standard InChI is InChI=1S/C6H9N3O8/c1-2-4(5(10)11)3-6(7(12)13,8(14)15)9(16)17/h4H,2-3H2,1H3,(H,10,11). The van der Waals surface area contributed by atoms with Gasteiger partial charge < -0.3 is 5.11 Å². The van der Waals surface area contributed by atoms with Crippen LogP contribution in [0.2, 0.25) is 0 Å². The van der Waals surface area contributed by atoms with E-state index < -0.39 is 38.9 Å². The van der Waals surface area contributed by atoms with Crippen molar-refractivity contribution in [1.82, 2.24) is 0 Å². The average molecular weight is 251 g/mol. The highest BCUT2D eigenvalue weighted by atomic mass is 16.7. The molecule has 0 amide bonds. The first-order valence-corrected chi connectivity index (χ1v) is 4.36. The Hall–Kier alpha value is -2.33. The molecule has 11 heteroatoms. The molecule has 0 spiro atoms. The number of aliphatic carboxylic acids is 1. The van der Waals surface area contributed by atoms with Crippen LogP contribution in [0.5, 0.6) is 0 Å². The molecule has 0 rings (SSSR count). The van der Waals surface area contributed by atoms with E-state index in [0.29, 0.717) is 0 Å². The van der Waals surface area contributed by atoms with Crippen LogP contribution in [0.1, 0.15) is 19.8 Å². The molecule has 0 fully saturated rings. The zero-order valence-corrected chi connectivity index (χ0v) is 8.64. The largest absolute Gasteiger partial charge is 0.700 e. The summed E-state index contributed by atoms with van der Waals surface area (Å²) in [5, 5.41) is 40.1. The Labute approximate surface area is 93.5 Å². The second kappa shape index (κ2) is 5.14. The first-order chi connectivity index (χ1) is 7.70. The summed E-state index contributed by atoms with van der Waals surface area (Å²) < 4.78 is 0. The lowest BCUT2D eigenvalue weighted by Crippen LogP contribution is -2.54. The Morgan fingerprint density at radius 3 is 1.71 bits per heavy atom. The van der Waals surface area contributed by atoms with E-state index in [4.69, 9.17) is 5.11 Å². The van der Waals surface area contributed by atoms with Gasteiger partial charge in [0, 0.05) is 0 Å². The van der Waals surface area contributed by atoms with Crippen molar-refractivity contribution in [2.75, 3.05) is 0 Å². The van der Waals surface area contributed by atoms with Crippen molar-refractivity contribution in [1.29, 1.82) is 0 Å². The Morgan fingerprint density at radius 2 is 1.53 bits per heavy atom. The van der Waals surface area contributed by atoms with E-state index in [1.165, 1.54) is 6.92 Å². The number of nitrogens with zero attached hydrogens (tertiary/aromatic N) is 3.